The summed E-state index contributed by atoms with van der Waals surface area (Å²) in [5.74, 6) is 0.542. The molecule has 0 aliphatic carbocycles. The number of benzene rings is 1. The molecule has 1 aliphatic heterocycles. The Bertz CT molecular complexity index is 433. The Morgan fingerprint density at radius 2 is 2.29 bits per heavy atom. The number of halogens is 2. The minimum absolute atomic E-state index is 0.0371. The van der Waals surface area contributed by atoms with Gasteiger partial charge in [0, 0.05) is 29.1 Å². The lowest BCUT2D eigenvalue weighted by molar-refractivity contribution is 0.0749. The Morgan fingerprint density at radius 1 is 1.53 bits per heavy atom. The molecule has 0 radical (unpaired) electrons. The summed E-state index contributed by atoms with van der Waals surface area (Å²) in [5.41, 5.74) is 1.64. The minimum Gasteiger partial charge on any atom is -0.334 e. The molecule has 1 aliphatic rings. The maximum absolute atomic E-state index is 12.3. The number of aryl methyl sites for hydroxylation is 1. The summed E-state index contributed by atoms with van der Waals surface area (Å²) in [7, 11) is 0. The molecule has 2 rings (SSSR count). The number of likely N-dealkylation sites (tertiary alicyclic amines) is 1. The zero-order chi connectivity index (χ0) is 12.4. The first-order valence-corrected chi connectivity index (χ1v) is 6.68. The fourth-order valence-corrected chi connectivity index (χ4v) is 2.66. The average Bonchev–Trinajstić information content (AvgIpc) is 2.80. The molecule has 2 nitrogen and oxygen atoms in total. The Hall–Kier alpha value is -0.730. The van der Waals surface area contributed by atoms with Gasteiger partial charge in [-0.1, -0.05) is 17.7 Å². The van der Waals surface area contributed by atoms with Crippen LogP contribution in [0.25, 0.3) is 0 Å². The van der Waals surface area contributed by atoms with Gasteiger partial charge in [0.05, 0.1) is 0 Å². The third-order valence-corrected chi connectivity index (χ3v) is 4.00. The van der Waals surface area contributed by atoms with Crippen LogP contribution < -0.4 is 0 Å². The van der Waals surface area contributed by atoms with E-state index in [4.69, 9.17) is 23.2 Å². The highest BCUT2D eigenvalue weighted by molar-refractivity contribution is 6.31. The van der Waals surface area contributed by atoms with Crippen molar-refractivity contribution in [2.45, 2.75) is 25.8 Å². The maximum atomic E-state index is 12.3. The third kappa shape index (κ3) is 2.58. The molecule has 1 unspecified atom stereocenters. The smallest absolute Gasteiger partial charge is 0.254 e. The van der Waals surface area contributed by atoms with Crippen molar-refractivity contribution >= 4 is 29.1 Å². The molecule has 1 amide bonds. The monoisotopic (exact) mass is 271 g/mol. The van der Waals surface area contributed by atoms with Gasteiger partial charge < -0.3 is 4.90 Å². The molecule has 4 heteroatoms. The highest BCUT2D eigenvalue weighted by Crippen LogP contribution is 2.23. The summed E-state index contributed by atoms with van der Waals surface area (Å²) in [6.45, 7) is 2.72. The van der Waals surface area contributed by atoms with Gasteiger partial charge in [-0.05, 0) is 37.5 Å². The predicted octanol–water partition coefficient (Wildman–Crippen LogP) is 3.49. The largest absolute Gasteiger partial charge is 0.334 e. The maximum Gasteiger partial charge on any atom is 0.254 e. The molecule has 0 spiro atoms. The highest BCUT2D eigenvalue weighted by Gasteiger charge is 2.28. The van der Waals surface area contributed by atoms with E-state index in [0.717, 1.165) is 24.9 Å². The molecule has 1 saturated heterocycles. The van der Waals surface area contributed by atoms with Crippen molar-refractivity contribution in [3.8, 4) is 0 Å². The number of rotatable bonds is 2. The summed E-state index contributed by atoms with van der Waals surface area (Å²) in [4.78, 5) is 14.1. The normalized spacial score (nSPS) is 19.7. The molecular weight excluding hydrogens is 257 g/mol. The SMILES string of the molecule is Cc1ccc(C(=O)N2CCCC2CCl)cc1Cl. The summed E-state index contributed by atoms with van der Waals surface area (Å²) < 4.78 is 0. The molecule has 1 fully saturated rings. The number of nitrogens with zero attached hydrogens (tertiary/aromatic N) is 1. The Kier molecular flexibility index (Phi) is 3.95. The minimum atomic E-state index is 0.0371. The lowest BCUT2D eigenvalue weighted by atomic mass is 10.1. The summed E-state index contributed by atoms with van der Waals surface area (Å²) in [5, 5.41) is 0.637. The van der Waals surface area contributed by atoms with Crippen molar-refractivity contribution in [3.63, 3.8) is 0 Å². The van der Waals surface area contributed by atoms with Crippen molar-refractivity contribution in [2.24, 2.45) is 0 Å². The summed E-state index contributed by atoms with van der Waals surface area (Å²) in [6, 6.07) is 5.61. The third-order valence-electron chi connectivity index (χ3n) is 3.23. The van der Waals surface area contributed by atoms with E-state index in [-0.39, 0.29) is 11.9 Å². The van der Waals surface area contributed by atoms with Gasteiger partial charge in [0.2, 0.25) is 0 Å². The van der Waals surface area contributed by atoms with Crippen molar-refractivity contribution in [1.82, 2.24) is 4.90 Å². The second-order valence-corrected chi connectivity index (χ2v) is 5.13. The van der Waals surface area contributed by atoms with Crippen molar-refractivity contribution in [3.05, 3.63) is 34.3 Å². The van der Waals surface area contributed by atoms with Gasteiger partial charge in [-0.3, -0.25) is 4.79 Å². The second-order valence-electron chi connectivity index (χ2n) is 4.41. The van der Waals surface area contributed by atoms with E-state index in [0.29, 0.717) is 16.5 Å². The summed E-state index contributed by atoms with van der Waals surface area (Å²) >= 11 is 11.9. The molecule has 1 atom stereocenters. The van der Waals surface area contributed by atoms with E-state index in [2.05, 4.69) is 0 Å². The fourth-order valence-electron chi connectivity index (χ4n) is 2.16. The molecule has 1 aromatic rings. The van der Waals surface area contributed by atoms with Gasteiger partial charge in [0.1, 0.15) is 0 Å². The van der Waals surface area contributed by atoms with Gasteiger partial charge in [-0.2, -0.15) is 0 Å². The molecule has 1 aromatic carbocycles. The van der Waals surface area contributed by atoms with E-state index < -0.39 is 0 Å². The molecule has 0 N–H and O–H groups in total. The van der Waals surface area contributed by atoms with E-state index in [9.17, 15) is 4.79 Å². The first kappa shape index (κ1) is 12.7. The fraction of sp³-hybridized carbons (Fsp3) is 0.462. The molecule has 17 heavy (non-hydrogen) atoms. The van der Waals surface area contributed by atoms with Gasteiger partial charge >= 0.3 is 0 Å². The van der Waals surface area contributed by atoms with E-state index in [1.165, 1.54) is 0 Å². The van der Waals surface area contributed by atoms with Crippen LogP contribution in [-0.2, 0) is 0 Å². The standard InChI is InChI=1S/C13H15Cl2NO/c1-9-4-5-10(7-12(9)15)13(17)16-6-2-3-11(16)8-14/h4-5,7,11H,2-3,6,8H2,1H3. The lowest BCUT2D eigenvalue weighted by Crippen LogP contribution is -2.36. The number of alkyl halides is 1. The van der Waals surface area contributed by atoms with E-state index in [1.54, 1.807) is 6.07 Å². The first-order valence-electron chi connectivity index (χ1n) is 5.76. The predicted molar refractivity (Wildman–Crippen MR) is 71.0 cm³/mol. The number of hydrogen-bond donors (Lipinski definition) is 0. The van der Waals surface area contributed by atoms with Crippen LogP contribution in [0.3, 0.4) is 0 Å². The van der Waals surface area contributed by atoms with Crippen LogP contribution in [-0.4, -0.2) is 29.3 Å². The highest BCUT2D eigenvalue weighted by atomic mass is 35.5. The second kappa shape index (κ2) is 5.28. The van der Waals surface area contributed by atoms with Crippen LogP contribution in [0.1, 0.15) is 28.8 Å². The Labute approximate surface area is 112 Å². The molecular formula is C13H15Cl2NO. The van der Waals surface area contributed by atoms with Gasteiger partial charge in [0.25, 0.3) is 5.91 Å². The van der Waals surface area contributed by atoms with Gasteiger partial charge in [-0.15, -0.1) is 11.6 Å². The average molecular weight is 272 g/mol. The number of hydrogen-bond acceptors (Lipinski definition) is 1. The zero-order valence-corrected chi connectivity index (χ0v) is 11.3. The van der Waals surface area contributed by atoms with Crippen molar-refractivity contribution in [2.75, 3.05) is 12.4 Å². The van der Waals surface area contributed by atoms with Crippen LogP contribution >= 0.6 is 23.2 Å². The number of amides is 1. The number of carbonyl (C=O) groups is 1. The van der Waals surface area contributed by atoms with Gasteiger partial charge in [0.15, 0.2) is 0 Å². The van der Waals surface area contributed by atoms with Crippen LogP contribution in [0.2, 0.25) is 5.02 Å². The Balaban J connectivity index is 2.21. The van der Waals surface area contributed by atoms with Crippen molar-refractivity contribution < 1.29 is 4.79 Å². The van der Waals surface area contributed by atoms with Crippen LogP contribution in [0.4, 0.5) is 0 Å². The summed E-state index contributed by atoms with van der Waals surface area (Å²) in [6.07, 6.45) is 2.03. The van der Waals surface area contributed by atoms with Crippen LogP contribution in [0.15, 0.2) is 18.2 Å². The zero-order valence-electron chi connectivity index (χ0n) is 9.75. The van der Waals surface area contributed by atoms with Crippen LogP contribution in [0, 0.1) is 6.92 Å². The molecule has 92 valence electrons. The van der Waals surface area contributed by atoms with E-state index in [1.807, 2.05) is 24.0 Å². The lowest BCUT2D eigenvalue weighted by Gasteiger charge is -2.23. The Morgan fingerprint density at radius 3 is 2.94 bits per heavy atom. The van der Waals surface area contributed by atoms with Crippen molar-refractivity contribution in [1.29, 1.82) is 0 Å². The molecule has 0 saturated carbocycles. The van der Waals surface area contributed by atoms with Gasteiger partial charge in [-0.25, -0.2) is 0 Å². The first-order chi connectivity index (χ1) is 8.13. The molecule has 1 heterocycles. The molecule has 0 bridgehead atoms. The number of carbonyl (C=O) groups excluding carboxylic acids is 1. The van der Waals surface area contributed by atoms with Crippen LogP contribution in [0.5, 0.6) is 0 Å². The van der Waals surface area contributed by atoms with E-state index >= 15 is 0 Å². The topological polar surface area (TPSA) is 20.3 Å². The molecule has 0 aromatic heterocycles. The quantitative estimate of drug-likeness (QED) is 0.755.